The largest absolute Gasteiger partial charge is 0.573 e. The van der Waals surface area contributed by atoms with Crippen molar-refractivity contribution in [2.45, 2.75) is 17.9 Å². The lowest BCUT2D eigenvalue weighted by molar-refractivity contribution is -0.274. The Morgan fingerprint density at radius 3 is 2.07 bits per heavy atom. The Labute approximate surface area is 181 Å². The molecule has 0 saturated carbocycles. The lowest BCUT2D eigenvalue weighted by atomic mass is 10.2. The molecule has 1 atom stereocenters. The number of benzene rings is 1. The van der Waals surface area contributed by atoms with E-state index in [0.29, 0.717) is 16.7 Å². The Balaban J connectivity index is 2.70. The molecule has 162 valence electrons. The molecule has 1 unspecified atom stereocenters. The van der Waals surface area contributed by atoms with Crippen molar-refractivity contribution < 1.29 is 44.3 Å². The van der Waals surface area contributed by atoms with Crippen molar-refractivity contribution >= 4 is 65.9 Å². The van der Waals surface area contributed by atoms with Crippen molar-refractivity contribution in [3.05, 3.63) is 31.7 Å². The second-order valence-electron chi connectivity index (χ2n) is 5.28. The fraction of sp³-hybridized carbons (Fsp3) is 0.308. The molecule has 0 saturated heterocycles. The number of carbonyl (C=O) groups is 1. The van der Waals surface area contributed by atoms with Crippen LogP contribution in [0.25, 0.3) is 0 Å². The number of alkyl halides is 6. The molecule has 0 fully saturated rings. The second-order valence-corrected chi connectivity index (χ2v) is 9.21. The van der Waals surface area contributed by atoms with Crippen molar-refractivity contribution in [1.82, 2.24) is 0 Å². The molecular weight excluding hydrogens is 586 g/mol. The van der Waals surface area contributed by atoms with Gasteiger partial charge in [0, 0.05) is 8.95 Å². The summed E-state index contributed by atoms with van der Waals surface area (Å²) in [6, 6.07) is 1.51. The van der Waals surface area contributed by atoms with Gasteiger partial charge in [0.05, 0.1) is 16.8 Å². The van der Waals surface area contributed by atoms with Crippen LogP contribution in [-0.2, 0) is 15.5 Å². The summed E-state index contributed by atoms with van der Waals surface area (Å²) in [5, 5.41) is -1.45. The van der Waals surface area contributed by atoms with Crippen LogP contribution >= 0.6 is 43.6 Å². The number of carbonyl (C=O) groups excluding carboxylic acids is 1. The first-order valence-corrected chi connectivity index (χ1v) is 10.9. The number of allylic oxidation sites excluding steroid dienone is 1. The summed E-state index contributed by atoms with van der Waals surface area (Å²) in [4.78, 5) is 11.1. The third kappa shape index (κ3) is 5.73. The van der Waals surface area contributed by atoms with Crippen molar-refractivity contribution in [2.75, 3.05) is 10.7 Å². The number of thioether (sulfide) groups is 1. The van der Waals surface area contributed by atoms with E-state index in [0.717, 1.165) is 12.1 Å². The molecule has 29 heavy (non-hydrogen) atoms. The lowest BCUT2D eigenvalue weighted by Crippen LogP contribution is -2.37. The highest BCUT2D eigenvalue weighted by Crippen LogP contribution is 2.52. The molecule has 1 aromatic rings. The second kappa shape index (κ2) is 8.55. The Bertz CT molecular complexity index is 917. The standard InChI is InChI=1S/C13H8Br2F6N2O4S2/c14-5-1-4(27-13(19,20)21)2-6(15)8(5)23-7(3-29(25)26)28-9(11(22)24)10(23)12(16,17)18/h1-2,7,29H,3H2,(H2,22,24). The van der Waals surface area contributed by atoms with Gasteiger partial charge in [-0.1, -0.05) is 11.8 Å². The Morgan fingerprint density at radius 2 is 1.69 bits per heavy atom. The molecule has 0 spiro atoms. The number of nitrogens with zero attached hydrogens (tertiary/aromatic N) is 1. The monoisotopic (exact) mass is 592 g/mol. The number of ether oxygens (including phenoxy) is 1. The van der Waals surface area contributed by atoms with Crippen LogP contribution in [0.4, 0.5) is 32.0 Å². The van der Waals surface area contributed by atoms with E-state index in [1.165, 1.54) is 0 Å². The van der Waals surface area contributed by atoms with Crippen LogP contribution in [0.5, 0.6) is 5.75 Å². The first kappa shape index (κ1) is 24.1. The highest BCUT2D eigenvalue weighted by atomic mass is 79.9. The van der Waals surface area contributed by atoms with Gasteiger partial charge in [0.25, 0.3) is 5.91 Å². The molecule has 1 aliphatic rings. The van der Waals surface area contributed by atoms with E-state index >= 15 is 0 Å². The highest BCUT2D eigenvalue weighted by molar-refractivity contribution is 9.11. The molecule has 0 radical (unpaired) electrons. The maximum absolute atomic E-state index is 13.7. The third-order valence-electron chi connectivity index (χ3n) is 3.26. The average Bonchev–Trinajstić information content (AvgIpc) is 2.83. The highest BCUT2D eigenvalue weighted by Gasteiger charge is 2.50. The minimum absolute atomic E-state index is 0.287. The summed E-state index contributed by atoms with van der Waals surface area (Å²) in [5.74, 6) is -2.97. The van der Waals surface area contributed by atoms with Gasteiger partial charge < -0.3 is 15.4 Å². The number of hydrogen-bond donors (Lipinski definition) is 2. The summed E-state index contributed by atoms with van der Waals surface area (Å²) in [6.45, 7) is 0. The molecule has 0 aliphatic carbocycles. The van der Waals surface area contributed by atoms with Gasteiger partial charge in [0.2, 0.25) is 0 Å². The summed E-state index contributed by atoms with van der Waals surface area (Å²) in [6.07, 6.45) is -10.2. The van der Waals surface area contributed by atoms with Crippen molar-refractivity contribution in [1.29, 1.82) is 0 Å². The fourth-order valence-electron chi connectivity index (χ4n) is 2.41. The first-order chi connectivity index (χ1) is 13.1. The Morgan fingerprint density at radius 1 is 1.17 bits per heavy atom. The van der Waals surface area contributed by atoms with E-state index in [-0.39, 0.29) is 14.6 Å². The fourth-order valence-corrected chi connectivity index (χ4v) is 6.04. The van der Waals surface area contributed by atoms with Gasteiger partial charge >= 0.3 is 12.5 Å². The molecule has 16 heteroatoms. The number of hydrogen-bond acceptors (Lipinski definition) is 6. The van der Waals surface area contributed by atoms with E-state index in [2.05, 4.69) is 36.6 Å². The zero-order valence-electron chi connectivity index (χ0n) is 13.5. The van der Waals surface area contributed by atoms with Gasteiger partial charge in [0.15, 0.2) is 0 Å². The van der Waals surface area contributed by atoms with Gasteiger partial charge in [-0.15, -0.1) is 13.2 Å². The van der Waals surface area contributed by atoms with Crippen LogP contribution in [0.3, 0.4) is 0 Å². The summed E-state index contributed by atoms with van der Waals surface area (Å²) in [7, 11) is -3.18. The van der Waals surface area contributed by atoms with E-state index in [9.17, 15) is 39.6 Å². The van der Waals surface area contributed by atoms with Crippen LogP contribution in [0.1, 0.15) is 0 Å². The van der Waals surface area contributed by atoms with Gasteiger partial charge in [0.1, 0.15) is 27.1 Å². The minimum atomic E-state index is -5.12. The topological polar surface area (TPSA) is 89.7 Å². The molecular formula is C13H8Br2F6N2O4S2. The molecule has 6 nitrogen and oxygen atoms in total. The molecule has 1 aliphatic heterocycles. The maximum atomic E-state index is 13.7. The first-order valence-electron chi connectivity index (χ1n) is 7.05. The predicted molar refractivity (Wildman–Crippen MR) is 99.8 cm³/mol. The van der Waals surface area contributed by atoms with Gasteiger partial charge in [-0.05, 0) is 44.0 Å². The Hall–Kier alpha value is -1.13. The number of anilines is 1. The number of rotatable bonds is 5. The number of thiol groups is 1. The predicted octanol–water partition coefficient (Wildman–Crippen LogP) is 3.86. The molecule has 1 amide bonds. The van der Waals surface area contributed by atoms with E-state index in [4.69, 9.17) is 5.73 Å². The van der Waals surface area contributed by atoms with E-state index in [1.54, 1.807) is 0 Å². The number of amides is 1. The molecule has 1 aromatic carbocycles. The van der Waals surface area contributed by atoms with Crippen molar-refractivity contribution in [3.63, 3.8) is 0 Å². The third-order valence-corrected chi connectivity index (χ3v) is 6.64. The average molecular weight is 594 g/mol. The molecule has 2 rings (SSSR count). The zero-order valence-corrected chi connectivity index (χ0v) is 18.4. The molecule has 1 heterocycles. The van der Waals surface area contributed by atoms with Crippen molar-refractivity contribution in [2.24, 2.45) is 5.73 Å². The van der Waals surface area contributed by atoms with Crippen LogP contribution in [0.15, 0.2) is 31.7 Å². The zero-order chi connectivity index (χ0) is 22.3. The van der Waals surface area contributed by atoms with Crippen LogP contribution in [-0.4, -0.2) is 38.0 Å². The lowest BCUT2D eigenvalue weighted by Gasteiger charge is -2.30. The molecule has 0 bridgehead atoms. The van der Waals surface area contributed by atoms with Crippen LogP contribution in [0.2, 0.25) is 0 Å². The van der Waals surface area contributed by atoms with Gasteiger partial charge in [-0.2, -0.15) is 13.2 Å². The smallest absolute Gasteiger partial charge is 0.406 e. The van der Waals surface area contributed by atoms with Gasteiger partial charge in [-0.25, -0.2) is 8.42 Å². The Kier molecular flexibility index (Phi) is 7.12. The van der Waals surface area contributed by atoms with Gasteiger partial charge in [-0.3, -0.25) is 4.79 Å². The van der Waals surface area contributed by atoms with E-state index < -0.39 is 56.6 Å². The number of primary amides is 1. The molecule has 2 N–H and O–H groups in total. The normalized spacial score (nSPS) is 18.0. The van der Waals surface area contributed by atoms with E-state index in [1.807, 2.05) is 0 Å². The number of halogens is 8. The quantitative estimate of drug-likeness (QED) is 0.398. The van der Waals surface area contributed by atoms with Crippen LogP contribution < -0.4 is 15.4 Å². The van der Waals surface area contributed by atoms with Crippen LogP contribution in [0, 0.1) is 0 Å². The number of nitrogens with two attached hydrogens (primary N) is 1. The SMILES string of the molecule is NC(=O)C1=C(C(F)(F)F)N(c2c(Br)cc(OC(F)(F)F)cc2Br)C(C[SH](=O)=O)S1. The van der Waals surface area contributed by atoms with Crippen molar-refractivity contribution in [3.8, 4) is 5.75 Å². The molecule has 0 aromatic heterocycles. The minimum Gasteiger partial charge on any atom is -0.406 e. The summed E-state index contributed by atoms with van der Waals surface area (Å²) >= 11 is 6.04. The summed E-state index contributed by atoms with van der Waals surface area (Å²) < 4.78 is 104. The maximum Gasteiger partial charge on any atom is 0.573 e. The summed E-state index contributed by atoms with van der Waals surface area (Å²) in [5.41, 5.74) is 3.14.